The first-order valence-corrected chi connectivity index (χ1v) is 13.6. The summed E-state index contributed by atoms with van der Waals surface area (Å²) in [6.07, 6.45) is -0.336. The van der Waals surface area contributed by atoms with Gasteiger partial charge in [-0.3, -0.25) is 9.78 Å². The number of nitrogens with one attached hydrogen (secondary N) is 2. The number of aliphatic hydroxyl groups is 1. The molecule has 1 aliphatic carbocycles. The van der Waals surface area contributed by atoms with Gasteiger partial charge in [0, 0.05) is 29.3 Å². The highest BCUT2D eigenvalue weighted by Crippen LogP contribution is 2.45. The second-order valence-corrected chi connectivity index (χ2v) is 11.7. The van der Waals surface area contributed by atoms with Crippen LogP contribution in [0.15, 0.2) is 54.7 Å². The quantitative estimate of drug-likeness (QED) is 0.424. The molecule has 2 fully saturated rings. The van der Waals surface area contributed by atoms with Crippen LogP contribution in [0.4, 0.5) is 14.6 Å². The van der Waals surface area contributed by atoms with Crippen molar-refractivity contribution in [1.29, 1.82) is 0 Å². The van der Waals surface area contributed by atoms with Gasteiger partial charge >= 0.3 is 0 Å². The summed E-state index contributed by atoms with van der Waals surface area (Å²) in [6.45, 7) is 0.244. The molecule has 0 radical (unpaired) electrons. The lowest BCUT2D eigenvalue weighted by Gasteiger charge is -2.44. The molecule has 2 atom stereocenters. The number of hydrogen-bond acceptors (Lipinski definition) is 8. The molecule has 1 aliphatic heterocycles. The molecule has 1 aromatic carbocycles. The molecule has 0 unspecified atom stereocenters. The number of hydrogen-bond donors (Lipinski definition) is 3. The highest BCUT2D eigenvalue weighted by Gasteiger charge is 2.48. The third-order valence-corrected chi connectivity index (χ3v) is 8.53. The Morgan fingerprint density at radius 3 is 2.57 bits per heavy atom. The third kappa shape index (κ3) is 5.30. The molecule has 1 saturated carbocycles. The molecular weight excluding hydrogens is 504 g/mol. The molecule has 12 heteroatoms. The number of anilines is 1. The maximum Gasteiger partial charge on any atom is 0.251 e. The summed E-state index contributed by atoms with van der Waals surface area (Å²) in [7, 11) is -3.39. The van der Waals surface area contributed by atoms with Gasteiger partial charge in [-0.1, -0.05) is 12.1 Å². The minimum absolute atomic E-state index is 0.165. The van der Waals surface area contributed by atoms with E-state index in [9.17, 15) is 27.1 Å². The number of pyridine rings is 1. The predicted molar refractivity (Wildman–Crippen MR) is 132 cm³/mol. The molecule has 3 heterocycles. The molecule has 5 rings (SSSR count). The van der Waals surface area contributed by atoms with E-state index in [0.717, 1.165) is 0 Å². The average molecular weight is 530 g/mol. The summed E-state index contributed by atoms with van der Waals surface area (Å²) in [4.78, 5) is 16.8. The molecule has 194 valence electrons. The van der Waals surface area contributed by atoms with E-state index in [1.807, 2.05) is 0 Å². The van der Waals surface area contributed by atoms with Crippen molar-refractivity contribution in [1.82, 2.24) is 20.5 Å². The van der Waals surface area contributed by atoms with Gasteiger partial charge in [-0.15, -0.1) is 10.2 Å². The predicted octanol–water partition coefficient (Wildman–Crippen LogP) is 2.05. The van der Waals surface area contributed by atoms with Crippen molar-refractivity contribution in [2.24, 2.45) is 0 Å². The van der Waals surface area contributed by atoms with Gasteiger partial charge in [-0.2, -0.15) is 0 Å². The zero-order chi connectivity index (χ0) is 26.2. The van der Waals surface area contributed by atoms with Crippen LogP contribution in [0.1, 0.15) is 28.9 Å². The Balaban J connectivity index is 1.26. The van der Waals surface area contributed by atoms with Crippen LogP contribution in [0.5, 0.6) is 0 Å². The van der Waals surface area contributed by atoms with Crippen molar-refractivity contribution in [2.75, 3.05) is 23.4 Å². The molecule has 3 N–H and O–H groups in total. The maximum absolute atomic E-state index is 14.3. The first kappa shape index (κ1) is 25.2. The molecule has 2 aliphatic rings. The number of aliphatic hydroxyl groups excluding tert-OH is 1. The van der Waals surface area contributed by atoms with Crippen molar-refractivity contribution in [2.45, 2.75) is 36.6 Å². The summed E-state index contributed by atoms with van der Waals surface area (Å²) in [5.74, 6) is -1.23. The Kier molecular flexibility index (Phi) is 6.63. The molecule has 2 aromatic heterocycles. The van der Waals surface area contributed by atoms with Crippen LogP contribution in [0.25, 0.3) is 11.3 Å². The van der Waals surface area contributed by atoms with Crippen molar-refractivity contribution in [3.05, 3.63) is 71.8 Å². The first-order chi connectivity index (χ1) is 17.6. The zero-order valence-electron chi connectivity index (χ0n) is 19.6. The number of benzene rings is 1. The van der Waals surface area contributed by atoms with Gasteiger partial charge in [0.1, 0.15) is 17.8 Å². The standard InChI is InChI=1S/C25H25F2N5O4S/c26-17-10-25(11-17,23-18(27)5-2-8-28-23)14-29-22-7-6-19(31-32-22)15-3-1-4-16(9-15)24(34)30-20-12-37(35,36)13-21(20)33/h1-9,17,20-21,33H,10-14H2,(H,29,32)(H,30,34)/t17?,20-,21-,25?/m1/s1. The SMILES string of the molecule is O=C(N[C@@H]1CS(=O)(=O)C[C@H]1O)c1cccc(-c2ccc(NCC3(c4ncccc4F)CC(F)C3)nn2)c1. The Labute approximate surface area is 212 Å². The summed E-state index contributed by atoms with van der Waals surface area (Å²) in [5.41, 5.74) is 0.847. The highest BCUT2D eigenvalue weighted by atomic mass is 32.2. The second kappa shape index (κ2) is 9.75. The molecule has 9 nitrogen and oxygen atoms in total. The molecular formula is C25H25F2N5O4S. The Morgan fingerprint density at radius 1 is 1.11 bits per heavy atom. The number of carbonyl (C=O) groups excluding carboxylic acids is 1. The lowest BCUT2D eigenvalue weighted by Crippen LogP contribution is -2.49. The van der Waals surface area contributed by atoms with Crippen LogP contribution in [0, 0.1) is 5.82 Å². The fourth-order valence-electron chi connectivity index (χ4n) is 4.86. The van der Waals surface area contributed by atoms with Gasteiger partial charge in [0.25, 0.3) is 5.91 Å². The number of alkyl halides is 1. The first-order valence-electron chi connectivity index (χ1n) is 11.8. The monoisotopic (exact) mass is 529 g/mol. The van der Waals surface area contributed by atoms with E-state index in [1.54, 1.807) is 36.4 Å². The molecule has 1 amide bonds. The van der Waals surface area contributed by atoms with E-state index in [-0.39, 0.29) is 42.1 Å². The van der Waals surface area contributed by atoms with Crippen LogP contribution in [0.2, 0.25) is 0 Å². The summed E-state index contributed by atoms with van der Waals surface area (Å²) >= 11 is 0. The van der Waals surface area contributed by atoms with E-state index >= 15 is 0 Å². The fraction of sp³-hybridized carbons (Fsp3) is 0.360. The lowest BCUT2D eigenvalue weighted by atomic mass is 9.65. The van der Waals surface area contributed by atoms with E-state index in [0.29, 0.717) is 17.1 Å². The van der Waals surface area contributed by atoms with Gasteiger partial charge in [0.15, 0.2) is 9.84 Å². The number of sulfone groups is 1. The minimum Gasteiger partial charge on any atom is -0.390 e. The molecule has 37 heavy (non-hydrogen) atoms. The molecule has 1 saturated heterocycles. The number of carbonyl (C=O) groups is 1. The van der Waals surface area contributed by atoms with Gasteiger partial charge in [-0.25, -0.2) is 17.2 Å². The largest absolute Gasteiger partial charge is 0.390 e. The van der Waals surface area contributed by atoms with E-state index < -0.39 is 45.3 Å². The van der Waals surface area contributed by atoms with Crippen LogP contribution in [-0.2, 0) is 15.3 Å². The topological polar surface area (TPSA) is 134 Å². The second-order valence-electron chi connectivity index (χ2n) is 9.58. The van der Waals surface area contributed by atoms with Crippen LogP contribution >= 0.6 is 0 Å². The third-order valence-electron chi connectivity index (χ3n) is 6.82. The van der Waals surface area contributed by atoms with Crippen molar-refractivity contribution < 1.29 is 27.1 Å². The Morgan fingerprint density at radius 2 is 1.92 bits per heavy atom. The Hall–Kier alpha value is -3.51. The van der Waals surface area contributed by atoms with Gasteiger partial charge in [0.05, 0.1) is 35.0 Å². The number of nitrogens with zero attached hydrogens (tertiary/aromatic N) is 3. The van der Waals surface area contributed by atoms with Crippen molar-refractivity contribution in [3.8, 4) is 11.3 Å². The number of aromatic nitrogens is 3. The van der Waals surface area contributed by atoms with Crippen molar-refractivity contribution in [3.63, 3.8) is 0 Å². The molecule has 3 aromatic rings. The smallest absolute Gasteiger partial charge is 0.251 e. The summed E-state index contributed by atoms with van der Waals surface area (Å²) in [5, 5.41) is 24.0. The van der Waals surface area contributed by atoms with Gasteiger partial charge in [-0.05, 0) is 49.2 Å². The van der Waals surface area contributed by atoms with E-state index in [2.05, 4.69) is 25.8 Å². The number of amides is 1. The maximum atomic E-state index is 14.3. The Bertz CT molecular complexity index is 1410. The zero-order valence-corrected chi connectivity index (χ0v) is 20.5. The van der Waals surface area contributed by atoms with E-state index in [1.165, 1.54) is 18.3 Å². The minimum atomic E-state index is -3.39. The molecule has 0 bridgehead atoms. The van der Waals surface area contributed by atoms with E-state index in [4.69, 9.17) is 0 Å². The van der Waals surface area contributed by atoms with Gasteiger partial charge < -0.3 is 15.7 Å². The fourth-order valence-corrected chi connectivity index (χ4v) is 6.61. The normalized spacial score (nSPS) is 26.3. The highest BCUT2D eigenvalue weighted by molar-refractivity contribution is 7.91. The van der Waals surface area contributed by atoms with Crippen LogP contribution in [0.3, 0.4) is 0 Å². The number of rotatable bonds is 7. The number of halogens is 2. The van der Waals surface area contributed by atoms with Crippen LogP contribution < -0.4 is 10.6 Å². The lowest BCUT2D eigenvalue weighted by molar-refractivity contribution is 0.0888. The van der Waals surface area contributed by atoms with Gasteiger partial charge in [0.2, 0.25) is 0 Å². The summed E-state index contributed by atoms with van der Waals surface area (Å²) < 4.78 is 51.5. The molecule has 0 spiro atoms. The summed E-state index contributed by atoms with van der Waals surface area (Å²) in [6, 6.07) is 11.9. The van der Waals surface area contributed by atoms with Crippen molar-refractivity contribution >= 4 is 21.6 Å². The van der Waals surface area contributed by atoms with Crippen LogP contribution in [-0.4, -0.2) is 71.0 Å². The average Bonchev–Trinajstić information content (AvgIpc) is 3.12.